The normalized spacial score (nSPS) is 15.5. The molecule has 0 heterocycles. The van der Waals surface area contributed by atoms with Crippen molar-refractivity contribution in [3.05, 3.63) is 59.2 Å². The third-order valence-electron chi connectivity index (χ3n) is 4.82. The lowest BCUT2D eigenvalue weighted by Crippen LogP contribution is -2.37. The molecule has 1 aliphatic rings. The molecular formula is C21H22F3NO. The van der Waals surface area contributed by atoms with Gasteiger partial charge in [-0.2, -0.15) is 13.2 Å². The summed E-state index contributed by atoms with van der Waals surface area (Å²) in [6, 6.07) is 13.4. The Morgan fingerprint density at radius 3 is 2.50 bits per heavy atom. The fraction of sp³-hybridized carbons (Fsp3) is 0.381. The van der Waals surface area contributed by atoms with E-state index in [9.17, 15) is 18.0 Å². The number of aryl methyl sites for hydroxylation is 1. The molecule has 2 aromatic carbocycles. The Hall–Kier alpha value is -2.30. The molecule has 0 bridgehead atoms. The topological polar surface area (TPSA) is 29.1 Å². The van der Waals surface area contributed by atoms with Crippen LogP contribution in [0.25, 0.3) is 11.1 Å². The van der Waals surface area contributed by atoms with Crippen molar-refractivity contribution in [2.45, 2.75) is 44.7 Å². The van der Waals surface area contributed by atoms with Crippen LogP contribution in [0.2, 0.25) is 0 Å². The minimum absolute atomic E-state index is 0.587. The van der Waals surface area contributed by atoms with Gasteiger partial charge in [0.1, 0.15) is 6.54 Å². The first kappa shape index (κ1) is 18.5. The fourth-order valence-electron chi connectivity index (χ4n) is 3.68. The van der Waals surface area contributed by atoms with Gasteiger partial charge in [0.05, 0.1) is 5.92 Å². The maximum Gasteiger partial charge on any atom is 0.405 e. The molecule has 5 heteroatoms. The number of unbranched alkanes of at least 4 members (excludes halogenated alkanes) is 2. The smallest absolute Gasteiger partial charge is 0.346 e. The van der Waals surface area contributed by atoms with Crippen molar-refractivity contribution in [2.75, 3.05) is 6.54 Å². The van der Waals surface area contributed by atoms with Crippen LogP contribution in [-0.4, -0.2) is 18.6 Å². The van der Waals surface area contributed by atoms with Gasteiger partial charge in [-0.15, -0.1) is 0 Å². The van der Waals surface area contributed by atoms with Crippen molar-refractivity contribution < 1.29 is 18.0 Å². The minimum Gasteiger partial charge on any atom is -0.346 e. The van der Waals surface area contributed by atoms with Gasteiger partial charge in [0, 0.05) is 0 Å². The van der Waals surface area contributed by atoms with Crippen LogP contribution in [0.4, 0.5) is 13.2 Å². The lowest BCUT2D eigenvalue weighted by Gasteiger charge is -2.18. The van der Waals surface area contributed by atoms with Gasteiger partial charge in [0.15, 0.2) is 0 Å². The molecule has 1 N–H and O–H groups in total. The number of nitrogens with one attached hydrogen (secondary N) is 1. The van der Waals surface area contributed by atoms with Crippen LogP contribution in [0.15, 0.2) is 42.5 Å². The molecule has 0 aromatic heterocycles. The van der Waals surface area contributed by atoms with Gasteiger partial charge in [-0.3, -0.25) is 4.79 Å². The highest BCUT2D eigenvalue weighted by atomic mass is 19.4. The lowest BCUT2D eigenvalue weighted by atomic mass is 9.90. The Kier molecular flexibility index (Phi) is 5.35. The lowest BCUT2D eigenvalue weighted by molar-refractivity contribution is -0.138. The first-order valence-corrected chi connectivity index (χ1v) is 8.98. The van der Waals surface area contributed by atoms with Gasteiger partial charge in [-0.25, -0.2) is 0 Å². The van der Waals surface area contributed by atoms with Gasteiger partial charge in [0.25, 0.3) is 0 Å². The Balaban J connectivity index is 1.98. The van der Waals surface area contributed by atoms with E-state index >= 15 is 0 Å². The Bertz CT molecular complexity index is 798. The largest absolute Gasteiger partial charge is 0.405 e. The number of alkyl halides is 3. The number of benzene rings is 2. The van der Waals surface area contributed by atoms with Crippen LogP contribution in [0, 0.1) is 0 Å². The molecule has 26 heavy (non-hydrogen) atoms. The second-order valence-electron chi connectivity index (χ2n) is 6.69. The Morgan fingerprint density at radius 1 is 1.04 bits per heavy atom. The first-order chi connectivity index (χ1) is 12.4. The van der Waals surface area contributed by atoms with E-state index in [2.05, 4.69) is 12.2 Å². The molecule has 1 unspecified atom stereocenters. The number of carbonyl (C=O) groups is 1. The molecule has 3 rings (SSSR count). The number of hydrogen-bond acceptors (Lipinski definition) is 1. The third kappa shape index (κ3) is 3.76. The fourth-order valence-corrected chi connectivity index (χ4v) is 3.68. The standard InChI is InChI=1S/C21H22F3NO/c1-2-3-4-8-14-9-7-12-16-15-10-5-6-11-17(15)19(18(14)16)20(26)25-13-21(22,23)24/h5-7,9-12,19H,2-4,8,13H2,1H3,(H,25,26). The van der Waals surface area contributed by atoms with Crippen LogP contribution in [-0.2, 0) is 11.2 Å². The number of fused-ring (bicyclic) bond motifs is 3. The van der Waals surface area contributed by atoms with E-state index in [-0.39, 0.29) is 0 Å². The molecule has 0 saturated carbocycles. The number of carbonyl (C=O) groups excluding carboxylic acids is 1. The second kappa shape index (κ2) is 7.52. The zero-order valence-electron chi connectivity index (χ0n) is 14.7. The molecule has 2 aromatic rings. The van der Waals surface area contributed by atoms with Crippen LogP contribution >= 0.6 is 0 Å². The van der Waals surface area contributed by atoms with E-state index in [0.717, 1.165) is 53.5 Å². The maximum absolute atomic E-state index is 12.7. The highest BCUT2D eigenvalue weighted by Crippen LogP contribution is 2.46. The van der Waals surface area contributed by atoms with Crippen molar-refractivity contribution in [3.8, 4) is 11.1 Å². The summed E-state index contributed by atoms with van der Waals surface area (Å²) >= 11 is 0. The monoisotopic (exact) mass is 361 g/mol. The molecule has 1 amide bonds. The predicted molar refractivity (Wildman–Crippen MR) is 96.0 cm³/mol. The molecular weight excluding hydrogens is 339 g/mol. The highest BCUT2D eigenvalue weighted by molar-refractivity contribution is 5.96. The number of hydrogen-bond donors (Lipinski definition) is 1. The van der Waals surface area contributed by atoms with Gasteiger partial charge in [-0.1, -0.05) is 62.2 Å². The van der Waals surface area contributed by atoms with Gasteiger partial charge in [-0.05, 0) is 40.7 Å². The van der Waals surface area contributed by atoms with Crippen molar-refractivity contribution in [1.82, 2.24) is 5.32 Å². The quantitative estimate of drug-likeness (QED) is 0.703. The third-order valence-corrected chi connectivity index (χ3v) is 4.82. The summed E-state index contributed by atoms with van der Waals surface area (Å²) in [5.74, 6) is -1.27. The molecule has 0 radical (unpaired) electrons. The van der Waals surface area contributed by atoms with Gasteiger partial charge in [0.2, 0.25) is 5.91 Å². The van der Waals surface area contributed by atoms with Gasteiger partial charge >= 0.3 is 6.18 Å². The molecule has 1 atom stereocenters. The summed E-state index contributed by atoms with van der Waals surface area (Å²) in [6.45, 7) is 0.816. The van der Waals surface area contributed by atoms with E-state index in [1.165, 1.54) is 0 Å². The van der Waals surface area contributed by atoms with Crippen LogP contribution in [0.5, 0.6) is 0 Å². The summed E-state index contributed by atoms with van der Waals surface area (Å²) in [7, 11) is 0. The molecule has 2 nitrogen and oxygen atoms in total. The van der Waals surface area contributed by atoms with E-state index in [1.54, 1.807) is 0 Å². The molecule has 1 aliphatic carbocycles. The summed E-state index contributed by atoms with van der Waals surface area (Å²) in [5.41, 5.74) is 4.60. The average Bonchev–Trinajstić information content (AvgIpc) is 2.95. The molecule has 0 saturated heterocycles. The predicted octanol–water partition coefficient (Wildman–Crippen LogP) is 5.21. The van der Waals surface area contributed by atoms with Crippen molar-refractivity contribution in [1.29, 1.82) is 0 Å². The van der Waals surface area contributed by atoms with Crippen molar-refractivity contribution in [2.24, 2.45) is 0 Å². The number of rotatable bonds is 6. The Labute approximate surface area is 151 Å². The molecule has 0 spiro atoms. The number of halogens is 3. The second-order valence-corrected chi connectivity index (χ2v) is 6.69. The zero-order valence-corrected chi connectivity index (χ0v) is 14.7. The van der Waals surface area contributed by atoms with Crippen LogP contribution in [0.1, 0.15) is 48.8 Å². The van der Waals surface area contributed by atoms with Crippen molar-refractivity contribution in [3.63, 3.8) is 0 Å². The van der Waals surface area contributed by atoms with Gasteiger partial charge < -0.3 is 5.32 Å². The van der Waals surface area contributed by atoms with E-state index in [4.69, 9.17) is 0 Å². The summed E-state index contributed by atoms with van der Waals surface area (Å²) in [4.78, 5) is 12.7. The average molecular weight is 361 g/mol. The SMILES string of the molecule is CCCCCc1cccc2c1C(C(=O)NCC(F)(F)F)c1ccccc1-2. The molecule has 0 aliphatic heterocycles. The summed E-state index contributed by atoms with van der Waals surface area (Å²) in [6.07, 6.45) is -0.419. The Morgan fingerprint density at radius 2 is 1.77 bits per heavy atom. The van der Waals surface area contributed by atoms with Crippen molar-refractivity contribution >= 4 is 5.91 Å². The van der Waals surface area contributed by atoms with E-state index < -0.39 is 24.5 Å². The van der Waals surface area contributed by atoms with Crippen LogP contribution < -0.4 is 5.32 Å². The molecule has 138 valence electrons. The minimum atomic E-state index is -4.42. The molecule has 0 fully saturated rings. The summed E-state index contributed by atoms with van der Waals surface area (Å²) in [5, 5.41) is 2.08. The van der Waals surface area contributed by atoms with E-state index in [0.29, 0.717) is 0 Å². The first-order valence-electron chi connectivity index (χ1n) is 8.98. The maximum atomic E-state index is 12.7. The van der Waals surface area contributed by atoms with Crippen LogP contribution in [0.3, 0.4) is 0 Å². The zero-order chi connectivity index (χ0) is 18.7. The van der Waals surface area contributed by atoms with E-state index in [1.807, 2.05) is 42.5 Å². The highest BCUT2D eigenvalue weighted by Gasteiger charge is 2.37. The number of amides is 1. The summed E-state index contributed by atoms with van der Waals surface area (Å²) < 4.78 is 37.7.